The molecule has 7 rings (SSSR count). The highest BCUT2D eigenvalue weighted by Gasteiger charge is 2.17. The van der Waals surface area contributed by atoms with Gasteiger partial charge in [0.05, 0.1) is 0 Å². The summed E-state index contributed by atoms with van der Waals surface area (Å²) >= 11 is 7.61. The van der Waals surface area contributed by atoms with Crippen LogP contribution in [0.5, 0.6) is 0 Å². The van der Waals surface area contributed by atoms with E-state index in [9.17, 15) is 0 Å². The Hall–Kier alpha value is -3.54. The second-order valence-corrected chi connectivity index (χ2v) is 15.2. The first-order chi connectivity index (χ1) is 20.4. The van der Waals surface area contributed by atoms with Gasteiger partial charge in [-0.3, -0.25) is 0 Å². The summed E-state index contributed by atoms with van der Waals surface area (Å²) in [5.74, 6) is 0. The molecule has 0 amide bonds. The van der Waals surface area contributed by atoms with Crippen molar-refractivity contribution >= 4 is 89.8 Å². The number of hydrogen-bond donors (Lipinski definition) is 0. The lowest BCUT2D eigenvalue weighted by atomic mass is 10.0. The maximum atomic E-state index is 2.42. The van der Waals surface area contributed by atoms with Crippen molar-refractivity contribution in [3.8, 4) is 19.5 Å². The summed E-state index contributed by atoms with van der Waals surface area (Å²) in [7, 11) is 0. The lowest BCUT2D eigenvalue weighted by Crippen LogP contribution is -1.79. The predicted octanol–water partition coefficient (Wildman–Crippen LogP) is 13.1. The quantitative estimate of drug-likeness (QED) is 0.175. The van der Waals surface area contributed by atoms with Gasteiger partial charge in [-0.2, -0.15) is 0 Å². The van der Waals surface area contributed by atoms with Crippen LogP contribution in [0.4, 0.5) is 0 Å². The molecule has 0 bridgehead atoms. The smallest absolute Gasteiger partial charge is 0.0455 e. The highest BCUT2D eigenvalue weighted by molar-refractivity contribution is 7.28. The number of thiophene rings is 4. The van der Waals surface area contributed by atoms with Gasteiger partial charge < -0.3 is 0 Å². The van der Waals surface area contributed by atoms with E-state index in [2.05, 4.69) is 137 Å². The highest BCUT2D eigenvalue weighted by atomic mass is 32.1. The molecule has 0 atom stereocenters. The Kier molecular flexibility index (Phi) is 7.33. The fourth-order valence-electron chi connectivity index (χ4n) is 5.25. The van der Waals surface area contributed by atoms with Gasteiger partial charge >= 0.3 is 0 Å². The molecule has 0 N–H and O–H groups in total. The van der Waals surface area contributed by atoms with Crippen LogP contribution in [-0.4, -0.2) is 0 Å². The van der Waals surface area contributed by atoms with Gasteiger partial charge in [-0.1, -0.05) is 71.8 Å². The Morgan fingerprint density at radius 1 is 0.405 bits per heavy atom. The molecule has 0 aliphatic heterocycles. The molecule has 0 nitrogen and oxygen atoms in total. The Morgan fingerprint density at radius 2 is 0.810 bits per heavy atom. The largest absolute Gasteiger partial charge is 0.135 e. The van der Waals surface area contributed by atoms with Crippen LogP contribution >= 0.6 is 45.3 Å². The SMILES string of the molecule is Cc1ccc(C=Cc2ccc(-c3cc4c(C)c5sc(-c6ccc(C=Cc7ccc(C)cc7)s6)cc5c(C)c4s3)s2)cc1. The first kappa shape index (κ1) is 27.3. The van der Waals surface area contributed by atoms with Crippen LogP contribution in [0, 0.1) is 27.7 Å². The second kappa shape index (κ2) is 11.3. The average molecular weight is 615 g/mol. The maximum absolute atomic E-state index is 2.42. The molecule has 4 heteroatoms. The number of aryl methyl sites for hydroxylation is 4. The molecule has 4 heterocycles. The van der Waals surface area contributed by atoms with E-state index >= 15 is 0 Å². The molecule has 0 radical (unpaired) electrons. The van der Waals surface area contributed by atoms with E-state index < -0.39 is 0 Å². The van der Waals surface area contributed by atoms with Gasteiger partial charge in [-0.05, 0) is 109 Å². The molecule has 0 aliphatic rings. The topological polar surface area (TPSA) is 0 Å². The minimum absolute atomic E-state index is 1.24. The van der Waals surface area contributed by atoms with Gasteiger partial charge in [0, 0.05) is 38.7 Å². The first-order valence-corrected chi connectivity index (χ1v) is 17.3. The third-order valence-electron chi connectivity index (χ3n) is 7.73. The van der Waals surface area contributed by atoms with Crippen LogP contribution < -0.4 is 0 Å². The predicted molar refractivity (Wildman–Crippen MR) is 194 cm³/mol. The molecule has 0 saturated carbocycles. The van der Waals surface area contributed by atoms with E-state index in [1.54, 1.807) is 0 Å². The molecule has 206 valence electrons. The van der Waals surface area contributed by atoms with E-state index in [1.807, 2.05) is 45.3 Å². The van der Waals surface area contributed by atoms with E-state index in [1.165, 1.54) is 82.8 Å². The van der Waals surface area contributed by atoms with Gasteiger partial charge in [-0.15, -0.1) is 45.3 Å². The Morgan fingerprint density at radius 3 is 1.21 bits per heavy atom. The summed E-state index contributed by atoms with van der Waals surface area (Å²) in [5, 5.41) is 2.79. The molecule has 0 spiro atoms. The first-order valence-electron chi connectivity index (χ1n) is 14.1. The Balaban J connectivity index is 1.17. The van der Waals surface area contributed by atoms with Crippen molar-refractivity contribution in [1.29, 1.82) is 0 Å². The average Bonchev–Trinajstić information content (AvgIpc) is 3.81. The zero-order valence-electron chi connectivity index (χ0n) is 24.0. The van der Waals surface area contributed by atoms with E-state index in [4.69, 9.17) is 0 Å². The van der Waals surface area contributed by atoms with E-state index in [0.29, 0.717) is 0 Å². The Labute approximate surface area is 263 Å². The molecule has 3 aromatic carbocycles. The molecule has 0 unspecified atom stereocenters. The van der Waals surface area contributed by atoms with Crippen molar-refractivity contribution in [1.82, 2.24) is 0 Å². The number of rotatable bonds is 6. The molecular formula is C38H30S4. The van der Waals surface area contributed by atoms with Crippen LogP contribution in [0.1, 0.15) is 43.1 Å². The van der Waals surface area contributed by atoms with Crippen LogP contribution in [0.2, 0.25) is 0 Å². The molecule has 7 aromatic rings. The van der Waals surface area contributed by atoms with Crippen molar-refractivity contribution in [2.45, 2.75) is 27.7 Å². The van der Waals surface area contributed by atoms with Crippen LogP contribution in [0.15, 0.2) is 84.9 Å². The highest BCUT2D eigenvalue weighted by Crippen LogP contribution is 2.47. The molecular weight excluding hydrogens is 585 g/mol. The zero-order valence-corrected chi connectivity index (χ0v) is 27.3. The van der Waals surface area contributed by atoms with Gasteiger partial charge in [0.1, 0.15) is 0 Å². The standard InChI is InChI=1S/C38H30S4/c1-23-5-9-27(10-6-23)13-15-29-17-19-33(39-29)35-21-31-25(3)38-32(26(4)37(31)41-35)22-36(42-38)34-20-18-30(40-34)16-14-28-11-7-24(2)8-12-28/h5-22H,1-4H3. The van der Waals surface area contributed by atoms with Gasteiger partial charge in [0.15, 0.2) is 0 Å². The summed E-state index contributed by atoms with van der Waals surface area (Å²) < 4.78 is 2.83. The Bertz CT molecular complexity index is 1900. The van der Waals surface area contributed by atoms with Crippen molar-refractivity contribution in [2.24, 2.45) is 0 Å². The molecule has 4 aromatic heterocycles. The summed E-state index contributed by atoms with van der Waals surface area (Å²) in [6.07, 6.45) is 8.87. The van der Waals surface area contributed by atoms with Crippen LogP contribution in [-0.2, 0) is 0 Å². The third kappa shape index (κ3) is 5.36. The fourth-order valence-corrected chi connectivity index (χ4v) is 9.69. The second-order valence-electron chi connectivity index (χ2n) is 10.8. The lowest BCUT2D eigenvalue weighted by molar-refractivity contribution is 1.46. The molecule has 0 aliphatic carbocycles. The minimum atomic E-state index is 1.24. The van der Waals surface area contributed by atoms with E-state index in [-0.39, 0.29) is 0 Å². The summed E-state index contributed by atoms with van der Waals surface area (Å²) in [6.45, 7) is 8.86. The molecule has 0 fully saturated rings. The van der Waals surface area contributed by atoms with E-state index in [0.717, 1.165) is 0 Å². The van der Waals surface area contributed by atoms with Crippen molar-refractivity contribution < 1.29 is 0 Å². The van der Waals surface area contributed by atoms with Crippen molar-refractivity contribution in [2.75, 3.05) is 0 Å². The van der Waals surface area contributed by atoms with Gasteiger partial charge in [0.2, 0.25) is 0 Å². The van der Waals surface area contributed by atoms with Gasteiger partial charge in [-0.25, -0.2) is 0 Å². The monoisotopic (exact) mass is 614 g/mol. The zero-order chi connectivity index (χ0) is 28.8. The number of fused-ring (bicyclic) bond motifs is 2. The van der Waals surface area contributed by atoms with Crippen LogP contribution in [0.25, 0.3) is 64.0 Å². The van der Waals surface area contributed by atoms with Crippen molar-refractivity contribution in [3.63, 3.8) is 0 Å². The normalized spacial score (nSPS) is 12.1. The molecule has 42 heavy (non-hydrogen) atoms. The summed E-state index contributed by atoms with van der Waals surface area (Å²) in [6, 6.07) is 31.2. The maximum Gasteiger partial charge on any atom is 0.0455 e. The number of benzene rings is 3. The summed E-state index contributed by atoms with van der Waals surface area (Å²) in [4.78, 5) is 7.96. The summed E-state index contributed by atoms with van der Waals surface area (Å²) in [5.41, 5.74) is 7.85. The van der Waals surface area contributed by atoms with Gasteiger partial charge in [0.25, 0.3) is 0 Å². The third-order valence-corrected chi connectivity index (χ3v) is 12.7. The minimum Gasteiger partial charge on any atom is -0.135 e. The molecule has 0 saturated heterocycles. The lowest BCUT2D eigenvalue weighted by Gasteiger charge is -2.03. The fraction of sp³-hybridized carbons (Fsp3) is 0.105. The van der Waals surface area contributed by atoms with Crippen molar-refractivity contribution in [3.05, 3.63) is 128 Å². The number of hydrogen-bond acceptors (Lipinski definition) is 4. The van der Waals surface area contributed by atoms with Crippen LogP contribution in [0.3, 0.4) is 0 Å².